The predicted octanol–water partition coefficient (Wildman–Crippen LogP) is 3.05. The molecule has 0 aliphatic carbocycles. The fourth-order valence-electron chi connectivity index (χ4n) is 1.09. The van der Waals surface area contributed by atoms with Gasteiger partial charge in [0, 0.05) is 17.9 Å². The molecule has 0 N–H and O–H groups in total. The fourth-order valence-corrected chi connectivity index (χ4v) is 2.92. The van der Waals surface area contributed by atoms with Crippen molar-refractivity contribution < 1.29 is 4.57 Å². The van der Waals surface area contributed by atoms with Gasteiger partial charge in [0.15, 0.2) is 6.49 Å². The van der Waals surface area contributed by atoms with Crippen LogP contribution in [0.25, 0.3) is 0 Å². The monoisotopic (exact) mass is 227 g/mol. The summed E-state index contributed by atoms with van der Waals surface area (Å²) >= 11 is 5.90. The first-order chi connectivity index (χ1) is 6.56. The lowest BCUT2D eigenvalue weighted by Gasteiger charge is -2.08. The highest BCUT2D eigenvalue weighted by Gasteiger charge is 2.20. The van der Waals surface area contributed by atoms with E-state index in [1.54, 1.807) is 12.1 Å². The lowest BCUT2D eigenvalue weighted by atomic mass is 10.2. The van der Waals surface area contributed by atoms with Crippen LogP contribution in [0.3, 0.4) is 0 Å². The molecule has 0 bridgehead atoms. The van der Waals surface area contributed by atoms with E-state index in [2.05, 4.69) is 0 Å². The maximum Gasteiger partial charge on any atom is 0.198 e. The molecule has 1 rings (SSSR count). The molecule has 0 heterocycles. The third kappa shape index (κ3) is 2.87. The van der Waals surface area contributed by atoms with Crippen LogP contribution in [0.4, 0.5) is 0 Å². The molecule has 1 aromatic rings. The van der Waals surface area contributed by atoms with Crippen LogP contribution < -0.4 is 5.30 Å². The van der Waals surface area contributed by atoms with Crippen LogP contribution in [-0.2, 0) is 4.57 Å². The van der Waals surface area contributed by atoms with E-state index in [9.17, 15) is 4.57 Å². The molecule has 0 amide bonds. The first kappa shape index (κ1) is 11.3. The summed E-state index contributed by atoms with van der Waals surface area (Å²) in [6.07, 6.45) is 0.475. The van der Waals surface area contributed by atoms with Gasteiger partial charge in [-0.2, -0.15) is 5.26 Å². The van der Waals surface area contributed by atoms with E-state index in [-0.39, 0.29) is 12.6 Å². The lowest BCUT2D eigenvalue weighted by molar-refractivity contribution is 0.590. The summed E-state index contributed by atoms with van der Waals surface area (Å²) in [4.78, 5) is 0. The topological polar surface area (TPSA) is 40.9 Å². The summed E-state index contributed by atoms with van der Waals surface area (Å²) in [6, 6.07) is 9.22. The molecule has 0 spiro atoms. The van der Waals surface area contributed by atoms with E-state index in [4.69, 9.17) is 16.5 Å². The normalized spacial score (nSPS) is 14.4. The van der Waals surface area contributed by atoms with E-state index in [1.165, 1.54) is 0 Å². The summed E-state index contributed by atoms with van der Waals surface area (Å²) in [5.74, 6) is 0. The van der Waals surface area contributed by atoms with Crippen molar-refractivity contribution in [2.75, 3.05) is 6.16 Å². The van der Waals surface area contributed by atoms with Gasteiger partial charge in [-0.15, -0.1) is 0 Å². The molecule has 2 nitrogen and oxygen atoms in total. The Morgan fingerprint density at radius 3 is 2.50 bits per heavy atom. The van der Waals surface area contributed by atoms with E-state index in [0.29, 0.717) is 5.30 Å². The molecular formula is C10H11ClNOP. The van der Waals surface area contributed by atoms with E-state index in [0.717, 1.165) is 5.56 Å². The molecule has 0 aliphatic heterocycles. The standard InChI is InChI=1S/C10H11ClNOP/c1-9-3-5-10(6-4-9)14(11,13)8-2-7-12/h3-6H,2,8H2,1H3. The summed E-state index contributed by atoms with van der Waals surface area (Å²) in [6.45, 7) is -0.875. The van der Waals surface area contributed by atoms with Gasteiger partial charge in [-0.1, -0.05) is 29.8 Å². The third-order valence-electron chi connectivity index (χ3n) is 1.93. The van der Waals surface area contributed by atoms with Crippen LogP contribution in [0.1, 0.15) is 12.0 Å². The molecule has 14 heavy (non-hydrogen) atoms. The summed E-state index contributed by atoms with van der Waals surface area (Å²) in [5.41, 5.74) is 1.10. The maximum atomic E-state index is 11.9. The highest BCUT2D eigenvalue weighted by atomic mass is 35.7. The predicted molar refractivity (Wildman–Crippen MR) is 59.4 cm³/mol. The second-order valence-corrected chi connectivity index (χ2v) is 7.02. The minimum Gasteiger partial charge on any atom is -0.302 e. The molecular weight excluding hydrogens is 217 g/mol. The fraction of sp³-hybridized carbons (Fsp3) is 0.300. The van der Waals surface area contributed by atoms with Crippen LogP contribution in [0.5, 0.6) is 0 Å². The molecule has 0 aliphatic rings. The minimum absolute atomic E-state index is 0.231. The Kier molecular flexibility index (Phi) is 3.75. The maximum absolute atomic E-state index is 11.9. The number of hydrogen-bond donors (Lipinski definition) is 0. The number of nitrogens with zero attached hydrogens (tertiary/aromatic N) is 1. The van der Waals surface area contributed by atoms with Crippen LogP contribution >= 0.6 is 17.7 Å². The Labute approximate surface area is 88.7 Å². The highest BCUT2D eigenvalue weighted by Crippen LogP contribution is 2.50. The second-order valence-electron chi connectivity index (χ2n) is 3.12. The number of hydrogen-bond acceptors (Lipinski definition) is 2. The van der Waals surface area contributed by atoms with Gasteiger partial charge < -0.3 is 4.57 Å². The van der Waals surface area contributed by atoms with Crippen molar-refractivity contribution in [1.82, 2.24) is 0 Å². The van der Waals surface area contributed by atoms with Gasteiger partial charge in [0.05, 0.1) is 6.07 Å². The first-order valence-electron chi connectivity index (χ1n) is 4.29. The Bertz CT molecular complexity index is 394. The molecule has 1 atom stereocenters. The Balaban J connectivity index is 2.88. The molecule has 0 fully saturated rings. The summed E-state index contributed by atoms with van der Waals surface area (Å²) in [5, 5.41) is 9.03. The number of halogens is 1. The smallest absolute Gasteiger partial charge is 0.198 e. The van der Waals surface area contributed by atoms with Gasteiger partial charge in [-0.25, -0.2) is 0 Å². The zero-order chi connectivity index (χ0) is 10.6. The van der Waals surface area contributed by atoms with Gasteiger partial charge >= 0.3 is 0 Å². The summed E-state index contributed by atoms with van der Waals surface area (Å²) < 4.78 is 11.9. The van der Waals surface area contributed by atoms with Crippen molar-refractivity contribution in [1.29, 1.82) is 5.26 Å². The van der Waals surface area contributed by atoms with Crippen molar-refractivity contribution in [3.63, 3.8) is 0 Å². The first-order valence-corrected chi connectivity index (χ1v) is 7.09. The molecule has 1 aromatic carbocycles. The number of rotatable bonds is 3. The molecule has 0 aromatic heterocycles. The van der Waals surface area contributed by atoms with Gasteiger partial charge in [0.25, 0.3) is 0 Å². The third-order valence-corrected chi connectivity index (χ3v) is 4.89. The van der Waals surface area contributed by atoms with Crippen molar-refractivity contribution in [3.8, 4) is 6.07 Å². The SMILES string of the molecule is Cc1ccc(P(=O)(Cl)CCC#N)cc1. The van der Waals surface area contributed by atoms with E-state index < -0.39 is 6.49 Å². The second kappa shape index (κ2) is 4.64. The van der Waals surface area contributed by atoms with Crippen molar-refractivity contribution in [2.45, 2.75) is 13.3 Å². The zero-order valence-electron chi connectivity index (χ0n) is 7.90. The largest absolute Gasteiger partial charge is 0.302 e. The Morgan fingerprint density at radius 2 is 2.00 bits per heavy atom. The molecule has 0 radical (unpaired) electrons. The molecule has 0 saturated heterocycles. The van der Waals surface area contributed by atoms with Crippen LogP contribution in [0.2, 0.25) is 0 Å². The molecule has 4 heteroatoms. The van der Waals surface area contributed by atoms with Crippen LogP contribution in [0, 0.1) is 18.3 Å². The van der Waals surface area contributed by atoms with E-state index >= 15 is 0 Å². The lowest BCUT2D eigenvalue weighted by Crippen LogP contribution is -2.02. The Morgan fingerprint density at radius 1 is 1.43 bits per heavy atom. The number of benzene rings is 1. The van der Waals surface area contributed by atoms with Gasteiger partial charge in [-0.05, 0) is 18.2 Å². The molecule has 1 unspecified atom stereocenters. The Hall–Kier alpha value is -0.770. The quantitative estimate of drug-likeness (QED) is 0.745. The van der Waals surface area contributed by atoms with E-state index in [1.807, 2.05) is 25.1 Å². The van der Waals surface area contributed by atoms with Crippen LogP contribution in [0.15, 0.2) is 24.3 Å². The molecule has 0 saturated carbocycles. The number of nitriles is 1. The average Bonchev–Trinajstić information content (AvgIpc) is 2.16. The van der Waals surface area contributed by atoms with Crippen molar-refractivity contribution in [3.05, 3.63) is 29.8 Å². The van der Waals surface area contributed by atoms with Gasteiger partial charge in [0.1, 0.15) is 0 Å². The van der Waals surface area contributed by atoms with Gasteiger partial charge in [0.2, 0.25) is 0 Å². The highest BCUT2D eigenvalue weighted by molar-refractivity contribution is 7.95. The number of aryl methyl sites for hydroxylation is 1. The van der Waals surface area contributed by atoms with Crippen LogP contribution in [-0.4, -0.2) is 6.16 Å². The minimum atomic E-state index is -2.83. The zero-order valence-corrected chi connectivity index (χ0v) is 9.55. The van der Waals surface area contributed by atoms with Crippen molar-refractivity contribution >= 4 is 23.0 Å². The summed E-state index contributed by atoms with van der Waals surface area (Å²) in [7, 11) is 0. The van der Waals surface area contributed by atoms with Crippen molar-refractivity contribution in [2.24, 2.45) is 0 Å². The average molecular weight is 228 g/mol. The molecule has 74 valence electrons. The van der Waals surface area contributed by atoms with Gasteiger partial charge in [-0.3, -0.25) is 0 Å².